The molecule has 0 bridgehead atoms. The largest absolute Gasteiger partial charge is 0.508 e. The number of carbonyl (C=O) groups is 3. The van der Waals surface area contributed by atoms with Gasteiger partial charge in [-0.05, 0) is 30.7 Å². The van der Waals surface area contributed by atoms with Crippen LogP contribution in [0.2, 0.25) is 0 Å². The van der Waals surface area contributed by atoms with Gasteiger partial charge in [-0.3, -0.25) is 14.4 Å². The van der Waals surface area contributed by atoms with Gasteiger partial charge in [0.2, 0.25) is 5.78 Å². The van der Waals surface area contributed by atoms with Crippen molar-refractivity contribution in [1.29, 1.82) is 0 Å². The maximum atomic E-state index is 12.8. The van der Waals surface area contributed by atoms with Crippen molar-refractivity contribution in [2.24, 2.45) is 0 Å². The van der Waals surface area contributed by atoms with E-state index in [4.69, 9.17) is 4.74 Å². The van der Waals surface area contributed by atoms with Crippen LogP contribution in [0.25, 0.3) is 0 Å². The van der Waals surface area contributed by atoms with Crippen LogP contribution in [0.4, 0.5) is 0 Å². The lowest BCUT2D eigenvalue weighted by Gasteiger charge is -2.21. The average Bonchev–Trinajstić information content (AvgIpc) is 2.50. The van der Waals surface area contributed by atoms with Crippen LogP contribution in [0.5, 0.6) is 17.2 Å². The van der Waals surface area contributed by atoms with E-state index in [0.717, 1.165) is 12.1 Å². The predicted octanol–water partition coefficient (Wildman–Crippen LogP) is 2.07. The van der Waals surface area contributed by atoms with Crippen molar-refractivity contribution < 1.29 is 34.4 Å². The molecule has 0 amide bonds. The van der Waals surface area contributed by atoms with E-state index in [9.17, 15) is 29.7 Å². The molecule has 26 heavy (non-hydrogen) atoms. The molecular weight excluding hydrogens is 340 g/mol. The Balaban J connectivity index is 2.09. The molecule has 0 saturated carbocycles. The molecule has 2 aromatic carbocycles. The number of fused-ring (bicyclic) bond motifs is 2. The zero-order valence-corrected chi connectivity index (χ0v) is 14.1. The normalized spacial score (nSPS) is 13.8. The summed E-state index contributed by atoms with van der Waals surface area (Å²) in [6.45, 7) is 2.94. The molecule has 0 unspecified atom stereocenters. The quantitative estimate of drug-likeness (QED) is 0.614. The second-order valence-corrected chi connectivity index (χ2v) is 6.21. The standard InChI is InChI=1S/C19H16O7/c1-8(26-9(2)20)3-10-4-12-16(14(22)5-10)19(25)17-13(18(12)24)6-11(21)7-15(17)23/h4-8,21-23H,3H2,1-2H3/t8-/m0/s1. The van der Waals surface area contributed by atoms with Gasteiger partial charge in [0.1, 0.15) is 23.4 Å². The van der Waals surface area contributed by atoms with Gasteiger partial charge >= 0.3 is 5.97 Å². The summed E-state index contributed by atoms with van der Waals surface area (Å²) < 4.78 is 5.04. The monoisotopic (exact) mass is 356 g/mol. The van der Waals surface area contributed by atoms with E-state index < -0.39 is 35.1 Å². The lowest BCUT2D eigenvalue weighted by atomic mass is 9.81. The molecule has 0 saturated heterocycles. The Bertz CT molecular complexity index is 959. The highest BCUT2D eigenvalue weighted by molar-refractivity contribution is 6.30. The van der Waals surface area contributed by atoms with Crippen LogP contribution in [0, 0.1) is 0 Å². The molecule has 0 aliphatic heterocycles. The SMILES string of the molecule is CC(=O)O[C@@H](C)Cc1cc(O)c2c(c1)C(=O)c1cc(O)cc(O)c1C2=O. The summed E-state index contributed by atoms with van der Waals surface area (Å²) >= 11 is 0. The number of phenolic OH excluding ortho intramolecular Hbond substituents is 3. The maximum absolute atomic E-state index is 12.8. The first-order valence-corrected chi connectivity index (χ1v) is 7.87. The van der Waals surface area contributed by atoms with E-state index in [-0.39, 0.29) is 34.4 Å². The maximum Gasteiger partial charge on any atom is 0.302 e. The van der Waals surface area contributed by atoms with Gasteiger partial charge in [-0.2, -0.15) is 0 Å². The van der Waals surface area contributed by atoms with Crippen LogP contribution in [-0.4, -0.2) is 39.0 Å². The molecular formula is C19H16O7. The number of rotatable bonds is 3. The lowest BCUT2D eigenvalue weighted by Crippen LogP contribution is -2.22. The van der Waals surface area contributed by atoms with E-state index in [2.05, 4.69) is 0 Å². The van der Waals surface area contributed by atoms with Crippen LogP contribution < -0.4 is 0 Å². The number of benzene rings is 2. The highest BCUT2D eigenvalue weighted by Crippen LogP contribution is 2.39. The van der Waals surface area contributed by atoms with Gasteiger partial charge in [-0.25, -0.2) is 0 Å². The van der Waals surface area contributed by atoms with Crippen molar-refractivity contribution in [2.75, 3.05) is 0 Å². The molecule has 0 spiro atoms. The molecule has 3 N–H and O–H groups in total. The molecule has 2 aromatic rings. The van der Waals surface area contributed by atoms with Gasteiger partial charge in [0.25, 0.3) is 0 Å². The van der Waals surface area contributed by atoms with Gasteiger partial charge in [0.15, 0.2) is 5.78 Å². The van der Waals surface area contributed by atoms with E-state index >= 15 is 0 Å². The molecule has 1 aliphatic carbocycles. The Morgan fingerprint density at radius 1 is 0.962 bits per heavy atom. The van der Waals surface area contributed by atoms with Crippen molar-refractivity contribution >= 4 is 17.5 Å². The molecule has 0 radical (unpaired) electrons. The fraction of sp³-hybridized carbons (Fsp3) is 0.211. The number of aromatic hydroxyl groups is 3. The van der Waals surface area contributed by atoms with Crippen LogP contribution in [0.1, 0.15) is 51.3 Å². The van der Waals surface area contributed by atoms with Gasteiger partial charge in [0, 0.05) is 30.5 Å². The Hall–Kier alpha value is -3.35. The minimum atomic E-state index is -0.704. The minimum absolute atomic E-state index is 0.0301. The summed E-state index contributed by atoms with van der Waals surface area (Å²) in [7, 11) is 0. The fourth-order valence-corrected chi connectivity index (χ4v) is 3.18. The second-order valence-electron chi connectivity index (χ2n) is 6.21. The molecule has 7 heteroatoms. The van der Waals surface area contributed by atoms with Gasteiger partial charge in [-0.15, -0.1) is 0 Å². The molecule has 0 fully saturated rings. The van der Waals surface area contributed by atoms with Gasteiger partial charge in [0.05, 0.1) is 11.1 Å². The van der Waals surface area contributed by atoms with Crippen molar-refractivity contribution in [3.05, 3.63) is 52.1 Å². The third-order valence-electron chi connectivity index (χ3n) is 4.11. The Labute approximate surface area is 148 Å². The second kappa shape index (κ2) is 6.18. The molecule has 1 atom stereocenters. The molecule has 0 aromatic heterocycles. The van der Waals surface area contributed by atoms with E-state index in [0.29, 0.717) is 5.56 Å². The van der Waals surface area contributed by atoms with Crippen LogP contribution in [-0.2, 0) is 16.0 Å². The van der Waals surface area contributed by atoms with Gasteiger partial charge < -0.3 is 20.1 Å². The zero-order valence-electron chi connectivity index (χ0n) is 14.1. The Kier molecular flexibility index (Phi) is 4.15. The summed E-state index contributed by atoms with van der Waals surface area (Å²) in [5.74, 6) is -3.04. The number of esters is 1. The summed E-state index contributed by atoms with van der Waals surface area (Å²) in [5, 5.41) is 29.8. The van der Waals surface area contributed by atoms with E-state index in [1.807, 2.05) is 0 Å². The third-order valence-corrected chi connectivity index (χ3v) is 4.11. The predicted molar refractivity (Wildman–Crippen MR) is 89.7 cm³/mol. The van der Waals surface area contributed by atoms with Crippen molar-refractivity contribution in [2.45, 2.75) is 26.4 Å². The van der Waals surface area contributed by atoms with Gasteiger partial charge in [-0.1, -0.05) is 0 Å². The van der Waals surface area contributed by atoms with E-state index in [1.54, 1.807) is 6.92 Å². The molecule has 3 rings (SSSR count). The minimum Gasteiger partial charge on any atom is -0.508 e. The molecule has 7 nitrogen and oxygen atoms in total. The first-order chi connectivity index (χ1) is 12.2. The number of ether oxygens (including phenoxy) is 1. The fourth-order valence-electron chi connectivity index (χ4n) is 3.18. The topological polar surface area (TPSA) is 121 Å². The summed E-state index contributed by atoms with van der Waals surface area (Å²) in [6.07, 6.45) is -0.250. The summed E-state index contributed by atoms with van der Waals surface area (Å²) in [4.78, 5) is 36.4. The van der Waals surface area contributed by atoms with Crippen molar-refractivity contribution in [3.8, 4) is 17.2 Å². The van der Waals surface area contributed by atoms with Crippen LogP contribution in [0.15, 0.2) is 24.3 Å². The number of ketones is 2. The summed E-state index contributed by atoms with van der Waals surface area (Å²) in [5.41, 5.74) is -0.116. The Morgan fingerprint density at radius 2 is 1.54 bits per heavy atom. The molecule has 0 heterocycles. The van der Waals surface area contributed by atoms with Crippen LogP contribution in [0.3, 0.4) is 0 Å². The number of phenols is 3. The zero-order chi connectivity index (χ0) is 19.2. The summed E-state index contributed by atoms with van der Waals surface area (Å²) in [6, 6.07) is 4.83. The highest BCUT2D eigenvalue weighted by atomic mass is 16.5. The number of hydrogen-bond acceptors (Lipinski definition) is 7. The van der Waals surface area contributed by atoms with Crippen molar-refractivity contribution in [1.82, 2.24) is 0 Å². The lowest BCUT2D eigenvalue weighted by molar-refractivity contribution is -0.145. The Morgan fingerprint density at radius 3 is 2.15 bits per heavy atom. The molecule has 134 valence electrons. The highest BCUT2D eigenvalue weighted by Gasteiger charge is 2.35. The number of carbonyl (C=O) groups excluding carboxylic acids is 3. The number of hydrogen-bond donors (Lipinski definition) is 3. The first-order valence-electron chi connectivity index (χ1n) is 7.87. The van der Waals surface area contributed by atoms with Crippen molar-refractivity contribution in [3.63, 3.8) is 0 Å². The first kappa shape index (κ1) is 17.5. The third kappa shape index (κ3) is 2.88. The molecule has 1 aliphatic rings. The average molecular weight is 356 g/mol. The van der Waals surface area contributed by atoms with E-state index in [1.165, 1.54) is 19.1 Å². The smallest absolute Gasteiger partial charge is 0.302 e. The van der Waals surface area contributed by atoms with Crippen LogP contribution >= 0.6 is 0 Å².